The first-order valence-electron chi connectivity index (χ1n) is 8.53. The van der Waals surface area contributed by atoms with E-state index < -0.39 is 11.9 Å². The fraction of sp³-hybridized carbons (Fsp3) is 0.421. The number of benzene rings is 1. The van der Waals surface area contributed by atoms with Gasteiger partial charge in [0.05, 0.1) is 11.6 Å². The Hall–Kier alpha value is -2.67. The summed E-state index contributed by atoms with van der Waals surface area (Å²) in [5, 5.41) is 16.6. The number of hydrogen-bond donors (Lipinski definition) is 2. The van der Waals surface area contributed by atoms with Crippen LogP contribution in [-0.2, 0) is 23.2 Å². The van der Waals surface area contributed by atoms with Crippen LogP contribution in [0.15, 0.2) is 30.3 Å². The number of aromatic nitrogens is 2. The van der Waals surface area contributed by atoms with Crippen LogP contribution >= 0.6 is 0 Å². The SMILES string of the molecule is Cc1nn(C)c(C)c1CN(C)CC(CC(=O)Nc1ccccc1)C(=O)O. The largest absolute Gasteiger partial charge is 0.481 e. The number of hydrogen-bond acceptors (Lipinski definition) is 4. The number of anilines is 1. The molecule has 0 bridgehead atoms. The predicted molar refractivity (Wildman–Crippen MR) is 99.8 cm³/mol. The topological polar surface area (TPSA) is 87.5 Å². The number of carbonyl (C=O) groups is 2. The second-order valence-electron chi connectivity index (χ2n) is 6.62. The van der Waals surface area contributed by atoms with Gasteiger partial charge in [0.25, 0.3) is 0 Å². The van der Waals surface area contributed by atoms with Crippen LogP contribution in [0.5, 0.6) is 0 Å². The van der Waals surface area contributed by atoms with Gasteiger partial charge in [-0.2, -0.15) is 5.10 Å². The molecular weight excluding hydrogens is 332 g/mol. The number of carboxylic acids is 1. The van der Waals surface area contributed by atoms with Gasteiger partial charge in [0.1, 0.15) is 0 Å². The van der Waals surface area contributed by atoms with Crippen LogP contribution in [0, 0.1) is 19.8 Å². The number of aliphatic carboxylic acids is 1. The molecule has 1 amide bonds. The number of para-hydroxylation sites is 1. The standard InChI is InChI=1S/C19H26N4O3/c1-13-17(14(2)23(4)21-13)12-22(3)11-15(19(25)26)10-18(24)20-16-8-6-5-7-9-16/h5-9,15H,10-12H2,1-4H3,(H,20,24)(H,25,26). The summed E-state index contributed by atoms with van der Waals surface area (Å²) in [6.07, 6.45) is -0.0699. The molecular formula is C19H26N4O3. The van der Waals surface area contributed by atoms with Gasteiger partial charge < -0.3 is 15.3 Å². The van der Waals surface area contributed by atoms with E-state index in [0.29, 0.717) is 12.2 Å². The number of aryl methyl sites for hydroxylation is 2. The maximum Gasteiger partial charge on any atom is 0.308 e. The fourth-order valence-electron chi connectivity index (χ4n) is 2.94. The summed E-state index contributed by atoms with van der Waals surface area (Å²) in [6, 6.07) is 9.03. The average Bonchev–Trinajstić information content (AvgIpc) is 2.81. The first kappa shape index (κ1) is 19.7. The molecule has 26 heavy (non-hydrogen) atoms. The van der Waals surface area contributed by atoms with Gasteiger partial charge in [-0.3, -0.25) is 14.3 Å². The summed E-state index contributed by atoms with van der Waals surface area (Å²) in [5.74, 6) is -2.05. The third kappa shape index (κ3) is 5.16. The molecule has 1 atom stereocenters. The van der Waals surface area contributed by atoms with Gasteiger partial charge in [0.2, 0.25) is 5.91 Å². The molecule has 2 aromatic rings. The Kier molecular flexibility index (Phi) is 6.52. The van der Waals surface area contributed by atoms with E-state index in [0.717, 1.165) is 17.0 Å². The molecule has 1 unspecified atom stereocenters. The minimum Gasteiger partial charge on any atom is -0.481 e. The highest BCUT2D eigenvalue weighted by atomic mass is 16.4. The zero-order valence-electron chi connectivity index (χ0n) is 15.7. The maximum atomic E-state index is 12.2. The molecule has 7 nitrogen and oxygen atoms in total. The predicted octanol–water partition coefficient (Wildman–Crippen LogP) is 2.20. The zero-order chi connectivity index (χ0) is 19.3. The smallest absolute Gasteiger partial charge is 0.308 e. The zero-order valence-corrected chi connectivity index (χ0v) is 15.7. The molecule has 0 radical (unpaired) electrons. The Morgan fingerprint density at radius 2 is 1.92 bits per heavy atom. The quantitative estimate of drug-likeness (QED) is 0.755. The number of carbonyl (C=O) groups excluding carboxylic acids is 1. The van der Waals surface area contributed by atoms with Gasteiger partial charge in [-0.15, -0.1) is 0 Å². The second kappa shape index (κ2) is 8.62. The molecule has 1 heterocycles. The third-order valence-electron chi connectivity index (χ3n) is 4.46. The summed E-state index contributed by atoms with van der Waals surface area (Å²) in [5.41, 5.74) is 3.75. The molecule has 2 N–H and O–H groups in total. The molecule has 0 fully saturated rings. The van der Waals surface area contributed by atoms with Gasteiger partial charge in [0.15, 0.2) is 0 Å². The van der Waals surface area contributed by atoms with Crippen LogP contribution in [0.4, 0.5) is 5.69 Å². The van der Waals surface area contributed by atoms with E-state index in [-0.39, 0.29) is 18.9 Å². The second-order valence-corrected chi connectivity index (χ2v) is 6.62. The highest BCUT2D eigenvalue weighted by Gasteiger charge is 2.24. The Bertz CT molecular complexity index is 771. The van der Waals surface area contributed by atoms with Crippen molar-refractivity contribution in [2.24, 2.45) is 13.0 Å². The van der Waals surface area contributed by atoms with Crippen molar-refractivity contribution in [3.05, 3.63) is 47.3 Å². The fourth-order valence-corrected chi connectivity index (χ4v) is 2.94. The minimum atomic E-state index is -0.973. The van der Waals surface area contributed by atoms with E-state index in [4.69, 9.17) is 0 Å². The van der Waals surface area contributed by atoms with Crippen LogP contribution in [0.2, 0.25) is 0 Å². The Balaban J connectivity index is 1.96. The lowest BCUT2D eigenvalue weighted by molar-refractivity contribution is -0.144. The van der Waals surface area contributed by atoms with Gasteiger partial charge in [-0.25, -0.2) is 0 Å². The molecule has 0 aliphatic heterocycles. The first-order valence-corrected chi connectivity index (χ1v) is 8.53. The molecule has 2 rings (SSSR count). The first-order chi connectivity index (χ1) is 12.3. The molecule has 140 valence electrons. The van der Waals surface area contributed by atoms with E-state index in [9.17, 15) is 14.7 Å². The van der Waals surface area contributed by atoms with Crippen LogP contribution in [0.1, 0.15) is 23.4 Å². The molecule has 0 aliphatic rings. The van der Waals surface area contributed by atoms with Crippen molar-refractivity contribution in [2.45, 2.75) is 26.8 Å². The molecule has 7 heteroatoms. The summed E-state index contributed by atoms with van der Waals surface area (Å²) < 4.78 is 1.82. The summed E-state index contributed by atoms with van der Waals surface area (Å²) in [7, 11) is 3.75. The number of carboxylic acid groups (broad SMARTS) is 1. The van der Waals surface area contributed by atoms with Crippen molar-refractivity contribution >= 4 is 17.6 Å². The molecule has 1 aromatic heterocycles. The van der Waals surface area contributed by atoms with E-state index in [1.54, 1.807) is 12.1 Å². The molecule has 0 spiro atoms. The van der Waals surface area contributed by atoms with Crippen molar-refractivity contribution in [3.63, 3.8) is 0 Å². The van der Waals surface area contributed by atoms with Crippen LogP contribution in [0.3, 0.4) is 0 Å². The normalized spacial score (nSPS) is 12.2. The number of amides is 1. The maximum absolute atomic E-state index is 12.2. The van der Waals surface area contributed by atoms with Crippen molar-refractivity contribution in [1.29, 1.82) is 0 Å². The number of rotatable bonds is 8. The summed E-state index contributed by atoms with van der Waals surface area (Å²) in [4.78, 5) is 25.7. The van der Waals surface area contributed by atoms with Gasteiger partial charge in [-0.1, -0.05) is 18.2 Å². The summed E-state index contributed by atoms with van der Waals surface area (Å²) in [6.45, 7) is 4.81. The van der Waals surface area contributed by atoms with E-state index >= 15 is 0 Å². The highest BCUT2D eigenvalue weighted by molar-refractivity contribution is 5.93. The molecule has 0 saturated carbocycles. The number of nitrogens with one attached hydrogen (secondary N) is 1. The van der Waals surface area contributed by atoms with Crippen LogP contribution in [-0.4, -0.2) is 45.3 Å². The number of nitrogens with zero attached hydrogens (tertiary/aromatic N) is 3. The monoisotopic (exact) mass is 358 g/mol. The lowest BCUT2D eigenvalue weighted by Crippen LogP contribution is -2.33. The minimum absolute atomic E-state index is 0.0699. The van der Waals surface area contributed by atoms with Gasteiger partial charge in [0, 0.05) is 43.5 Å². The van der Waals surface area contributed by atoms with Crippen molar-refractivity contribution in [2.75, 3.05) is 18.9 Å². The van der Waals surface area contributed by atoms with E-state index in [2.05, 4.69) is 10.4 Å². The van der Waals surface area contributed by atoms with Crippen LogP contribution in [0.25, 0.3) is 0 Å². The van der Waals surface area contributed by atoms with Gasteiger partial charge >= 0.3 is 5.97 Å². The Morgan fingerprint density at radius 3 is 2.46 bits per heavy atom. The lowest BCUT2D eigenvalue weighted by atomic mass is 10.0. The van der Waals surface area contributed by atoms with Crippen molar-refractivity contribution < 1.29 is 14.7 Å². The van der Waals surface area contributed by atoms with Gasteiger partial charge in [-0.05, 0) is 33.0 Å². The molecule has 1 aromatic carbocycles. The Morgan fingerprint density at radius 1 is 1.27 bits per heavy atom. The van der Waals surface area contributed by atoms with Crippen molar-refractivity contribution in [1.82, 2.24) is 14.7 Å². The Labute approximate surface area is 153 Å². The average molecular weight is 358 g/mol. The van der Waals surface area contributed by atoms with Crippen LogP contribution < -0.4 is 5.32 Å². The lowest BCUT2D eigenvalue weighted by Gasteiger charge is -2.21. The third-order valence-corrected chi connectivity index (χ3v) is 4.46. The van der Waals surface area contributed by atoms with Crippen molar-refractivity contribution in [3.8, 4) is 0 Å². The highest BCUT2D eigenvalue weighted by Crippen LogP contribution is 2.16. The van der Waals surface area contributed by atoms with E-state index in [1.807, 2.05) is 55.7 Å². The van der Waals surface area contributed by atoms with E-state index in [1.165, 1.54) is 0 Å². The molecule has 0 aliphatic carbocycles. The summed E-state index contributed by atoms with van der Waals surface area (Å²) >= 11 is 0. The molecule has 0 saturated heterocycles.